The molecule has 0 radical (unpaired) electrons. The van der Waals surface area contributed by atoms with Crippen LogP contribution in [0.4, 0.5) is 0 Å². The first kappa shape index (κ1) is 9.50. The average Bonchev–Trinajstić information content (AvgIpc) is 2.05. The number of hydrogen-bond donors (Lipinski definition) is 1. The van der Waals surface area contributed by atoms with E-state index in [0.29, 0.717) is 25.1 Å². The Morgan fingerprint density at radius 2 is 2.42 bits per heavy atom. The fourth-order valence-electron chi connectivity index (χ4n) is 1.43. The van der Waals surface area contributed by atoms with E-state index in [1.165, 1.54) is 0 Å². The van der Waals surface area contributed by atoms with E-state index in [2.05, 4.69) is 25.2 Å². The molecule has 0 aromatic carbocycles. The Morgan fingerprint density at radius 3 is 2.83 bits per heavy atom. The third-order valence-corrected chi connectivity index (χ3v) is 1.99. The second kappa shape index (κ2) is 4.44. The highest BCUT2D eigenvalue weighted by atomic mass is 16.5. The number of ether oxygens (including phenoxy) is 1. The largest absolute Gasteiger partial charge is 0.360 e. The molecule has 0 amide bonds. The van der Waals surface area contributed by atoms with Crippen molar-refractivity contribution in [3.8, 4) is 6.07 Å². The summed E-state index contributed by atoms with van der Waals surface area (Å²) in [5, 5.41) is 11.8. The number of hydrogen-bond acceptors (Lipinski definition) is 3. The molecule has 1 aliphatic heterocycles. The lowest BCUT2D eigenvalue weighted by atomic mass is 10.0. The zero-order valence-electron chi connectivity index (χ0n) is 7.71. The lowest BCUT2D eigenvalue weighted by Gasteiger charge is -2.27. The Balaban J connectivity index is 2.23. The molecule has 3 heteroatoms. The molecule has 1 rings (SSSR count). The monoisotopic (exact) mass is 168 g/mol. The minimum atomic E-state index is -0.242. The predicted octanol–water partition coefficient (Wildman–Crippen LogP) is 0.913. The third kappa shape index (κ3) is 2.80. The van der Waals surface area contributed by atoms with Gasteiger partial charge in [0.05, 0.1) is 12.7 Å². The van der Waals surface area contributed by atoms with Crippen molar-refractivity contribution >= 4 is 0 Å². The molecule has 0 aromatic rings. The fraction of sp³-hybridized carbons (Fsp3) is 0.889. The summed E-state index contributed by atoms with van der Waals surface area (Å²) in [4.78, 5) is 0. The predicted molar refractivity (Wildman–Crippen MR) is 46.6 cm³/mol. The zero-order chi connectivity index (χ0) is 8.97. The lowest BCUT2D eigenvalue weighted by molar-refractivity contribution is 0.0308. The quantitative estimate of drug-likeness (QED) is 0.666. The molecule has 0 bridgehead atoms. The van der Waals surface area contributed by atoms with Crippen molar-refractivity contribution in [3.63, 3.8) is 0 Å². The molecule has 0 aromatic heterocycles. The maximum Gasteiger partial charge on any atom is 0.156 e. The van der Waals surface area contributed by atoms with Crippen molar-refractivity contribution in [3.05, 3.63) is 0 Å². The second-order valence-corrected chi connectivity index (χ2v) is 3.69. The molecule has 1 aliphatic rings. The van der Waals surface area contributed by atoms with Gasteiger partial charge in [-0.2, -0.15) is 5.26 Å². The second-order valence-electron chi connectivity index (χ2n) is 3.69. The van der Waals surface area contributed by atoms with Crippen LogP contribution in [0.25, 0.3) is 0 Å². The highest BCUT2D eigenvalue weighted by molar-refractivity contribution is 4.90. The summed E-state index contributed by atoms with van der Waals surface area (Å²) in [6, 6.07) is 2.53. The highest BCUT2D eigenvalue weighted by Gasteiger charge is 2.20. The molecular formula is C9H16N2O. The van der Waals surface area contributed by atoms with Crippen molar-refractivity contribution in [2.24, 2.45) is 5.92 Å². The summed E-state index contributed by atoms with van der Waals surface area (Å²) < 4.78 is 5.32. The van der Waals surface area contributed by atoms with Crippen LogP contribution in [0.3, 0.4) is 0 Å². The van der Waals surface area contributed by atoms with E-state index in [4.69, 9.17) is 10.00 Å². The van der Waals surface area contributed by atoms with Crippen molar-refractivity contribution in [1.82, 2.24) is 5.32 Å². The van der Waals surface area contributed by atoms with Gasteiger partial charge >= 0.3 is 0 Å². The Bertz CT molecular complexity index is 166. The van der Waals surface area contributed by atoms with E-state index in [0.717, 1.165) is 6.42 Å². The Labute approximate surface area is 73.7 Å². The van der Waals surface area contributed by atoms with Crippen LogP contribution in [-0.2, 0) is 4.74 Å². The van der Waals surface area contributed by atoms with Crippen LogP contribution in [0, 0.1) is 17.2 Å². The smallest absolute Gasteiger partial charge is 0.156 e. The summed E-state index contributed by atoms with van der Waals surface area (Å²) in [6.07, 6.45) is 0.881. The van der Waals surface area contributed by atoms with Gasteiger partial charge < -0.3 is 10.1 Å². The van der Waals surface area contributed by atoms with E-state index in [1.54, 1.807) is 0 Å². The van der Waals surface area contributed by atoms with Crippen molar-refractivity contribution in [2.75, 3.05) is 13.2 Å². The highest BCUT2D eigenvalue weighted by Crippen LogP contribution is 2.09. The summed E-state index contributed by atoms with van der Waals surface area (Å²) in [5.74, 6) is 0.685. The molecule has 0 aliphatic carbocycles. The Morgan fingerprint density at radius 1 is 1.67 bits per heavy atom. The van der Waals surface area contributed by atoms with Crippen LogP contribution in [0.15, 0.2) is 0 Å². The number of nitrogens with zero attached hydrogens (tertiary/aromatic N) is 1. The van der Waals surface area contributed by atoms with E-state index in [9.17, 15) is 0 Å². The molecule has 2 unspecified atom stereocenters. The molecule has 12 heavy (non-hydrogen) atoms. The fourth-order valence-corrected chi connectivity index (χ4v) is 1.43. The topological polar surface area (TPSA) is 45.0 Å². The minimum Gasteiger partial charge on any atom is -0.360 e. The maximum atomic E-state index is 8.54. The van der Waals surface area contributed by atoms with Crippen LogP contribution >= 0.6 is 0 Å². The van der Waals surface area contributed by atoms with Gasteiger partial charge in [-0.25, -0.2) is 0 Å². The van der Waals surface area contributed by atoms with Crippen LogP contribution in [-0.4, -0.2) is 25.3 Å². The van der Waals surface area contributed by atoms with E-state index >= 15 is 0 Å². The Kier molecular flexibility index (Phi) is 3.51. The SMILES string of the molecule is CC(C)CC1COC(C#N)CN1. The summed E-state index contributed by atoms with van der Waals surface area (Å²) >= 11 is 0. The van der Waals surface area contributed by atoms with Crippen LogP contribution in [0.1, 0.15) is 20.3 Å². The summed E-state index contributed by atoms with van der Waals surface area (Å²) in [6.45, 7) is 5.74. The van der Waals surface area contributed by atoms with Gasteiger partial charge in [0.25, 0.3) is 0 Å². The van der Waals surface area contributed by atoms with Gasteiger partial charge in [0.2, 0.25) is 0 Å². The number of rotatable bonds is 2. The van der Waals surface area contributed by atoms with Gasteiger partial charge in [-0.15, -0.1) is 0 Å². The lowest BCUT2D eigenvalue weighted by Crippen LogP contribution is -2.46. The number of nitrogens with one attached hydrogen (secondary N) is 1. The molecule has 1 saturated heterocycles. The van der Waals surface area contributed by atoms with Gasteiger partial charge in [0.1, 0.15) is 0 Å². The van der Waals surface area contributed by atoms with Crippen LogP contribution < -0.4 is 5.32 Å². The molecule has 3 nitrogen and oxygen atoms in total. The Hall–Kier alpha value is -0.590. The third-order valence-electron chi connectivity index (χ3n) is 1.99. The number of morpholine rings is 1. The van der Waals surface area contributed by atoms with Gasteiger partial charge in [-0.1, -0.05) is 13.8 Å². The van der Waals surface area contributed by atoms with Gasteiger partial charge in [0.15, 0.2) is 6.10 Å². The standard InChI is InChI=1S/C9H16N2O/c1-7(2)3-8-6-12-9(4-10)5-11-8/h7-9,11H,3,5-6H2,1-2H3. The molecule has 0 spiro atoms. The van der Waals surface area contributed by atoms with Gasteiger partial charge in [0, 0.05) is 12.6 Å². The summed E-state index contributed by atoms with van der Waals surface area (Å²) in [7, 11) is 0. The molecular weight excluding hydrogens is 152 g/mol. The van der Waals surface area contributed by atoms with Crippen molar-refractivity contribution < 1.29 is 4.74 Å². The summed E-state index contributed by atoms with van der Waals surface area (Å²) in [5.41, 5.74) is 0. The van der Waals surface area contributed by atoms with Crippen molar-refractivity contribution in [1.29, 1.82) is 5.26 Å². The van der Waals surface area contributed by atoms with Gasteiger partial charge in [-0.3, -0.25) is 0 Å². The molecule has 1 heterocycles. The first-order valence-electron chi connectivity index (χ1n) is 4.47. The number of nitriles is 1. The molecule has 2 atom stereocenters. The average molecular weight is 168 g/mol. The van der Waals surface area contributed by atoms with E-state index in [1.807, 2.05) is 0 Å². The zero-order valence-corrected chi connectivity index (χ0v) is 7.71. The molecule has 0 saturated carbocycles. The first-order chi connectivity index (χ1) is 5.72. The normalized spacial score (nSPS) is 30.2. The minimum absolute atomic E-state index is 0.242. The molecule has 1 fully saturated rings. The molecule has 68 valence electrons. The van der Waals surface area contributed by atoms with Crippen LogP contribution in [0.2, 0.25) is 0 Å². The van der Waals surface area contributed by atoms with E-state index in [-0.39, 0.29) is 6.10 Å². The molecule has 1 N–H and O–H groups in total. The van der Waals surface area contributed by atoms with Crippen LogP contribution in [0.5, 0.6) is 0 Å². The van der Waals surface area contributed by atoms with E-state index < -0.39 is 0 Å². The van der Waals surface area contributed by atoms with Crippen molar-refractivity contribution in [2.45, 2.75) is 32.4 Å². The maximum absolute atomic E-state index is 8.54. The van der Waals surface area contributed by atoms with Gasteiger partial charge in [-0.05, 0) is 12.3 Å². The first-order valence-corrected chi connectivity index (χ1v) is 4.47.